The van der Waals surface area contributed by atoms with Gasteiger partial charge in [-0.15, -0.1) is 0 Å². The van der Waals surface area contributed by atoms with Crippen LogP contribution < -0.4 is 10.6 Å². The second-order valence-corrected chi connectivity index (χ2v) is 5.20. The largest absolute Gasteiger partial charge is 0.385 e. The van der Waals surface area contributed by atoms with Crippen LogP contribution in [0.25, 0.3) is 0 Å². The number of ether oxygens (including phenoxy) is 1. The quantitative estimate of drug-likeness (QED) is 0.557. The van der Waals surface area contributed by atoms with E-state index < -0.39 is 0 Å². The van der Waals surface area contributed by atoms with Gasteiger partial charge in [-0.2, -0.15) is 0 Å². The van der Waals surface area contributed by atoms with Gasteiger partial charge in [-0.1, -0.05) is 13.8 Å². The Bertz CT molecular complexity index is 208. The molecule has 1 unspecified atom stereocenters. The van der Waals surface area contributed by atoms with E-state index in [0.29, 0.717) is 5.92 Å². The Labute approximate surface area is 112 Å². The Kier molecular flexibility index (Phi) is 11.1. The molecule has 0 saturated carbocycles. The van der Waals surface area contributed by atoms with E-state index >= 15 is 0 Å². The lowest BCUT2D eigenvalue weighted by Gasteiger charge is -2.14. The normalized spacial score (nSPS) is 12.7. The molecule has 0 saturated heterocycles. The third-order valence-corrected chi connectivity index (χ3v) is 2.89. The predicted octanol–water partition coefficient (Wildman–Crippen LogP) is 1.94. The molecule has 0 aromatic rings. The molecule has 0 fully saturated rings. The van der Waals surface area contributed by atoms with Crippen LogP contribution in [-0.2, 0) is 9.53 Å². The summed E-state index contributed by atoms with van der Waals surface area (Å²) in [6, 6.07) is -0.0976. The first-order valence-corrected chi connectivity index (χ1v) is 7.08. The number of hydrogen-bond donors (Lipinski definition) is 2. The number of methoxy groups -OCH3 is 1. The second-order valence-electron chi connectivity index (χ2n) is 5.20. The molecule has 1 atom stereocenters. The van der Waals surface area contributed by atoms with Crippen LogP contribution in [0.5, 0.6) is 0 Å². The molecular formula is C14H30N2O2. The van der Waals surface area contributed by atoms with Gasteiger partial charge in [0, 0.05) is 20.3 Å². The zero-order valence-electron chi connectivity index (χ0n) is 12.4. The van der Waals surface area contributed by atoms with Gasteiger partial charge in [-0.25, -0.2) is 0 Å². The van der Waals surface area contributed by atoms with Crippen molar-refractivity contribution in [3.8, 4) is 0 Å². The van der Waals surface area contributed by atoms with E-state index in [1.807, 2.05) is 6.92 Å². The monoisotopic (exact) mass is 258 g/mol. The topological polar surface area (TPSA) is 50.4 Å². The van der Waals surface area contributed by atoms with Crippen LogP contribution in [-0.4, -0.2) is 38.8 Å². The van der Waals surface area contributed by atoms with Gasteiger partial charge >= 0.3 is 0 Å². The number of hydrogen-bond acceptors (Lipinski definition) is 3. The zero-order valence-corrected chi connectivity index (χ0v) is 12.4. The number of rotatable bonds is 11. The van der Waals surface area contributed by atoms with Gasteiger partial charge in [0.25, 0.3) is 0 Å². The molecule has 0 aromatic heterocycles. The molecular weight excluding hydrogens is 228 g/mol. The average molecular weight is 258 g/mol. The van der Waals surface area contributed by atoms with Crippen molar-refractivity contribution >= 4 is 5.91 Å². The van der Waals surface area contributed by atoms with Crippen molar-refractivity contribution in [1.82, 2.24) is 10.6 Å². The number of carbonyl (C=O) groups is 1. The Morgan fingerprint density at radius 3 is 2.44 bits per heavy atom. The first-order chi connectivity index (χ1) is 8.57. The van der Waals surface area contributed by atoms with Crippen LogP contribution in [0.2, 0.25) is 0 Å². The molecule has 0 radical (unpaired) electrons. The fourth-order valence-corrected chi connectivity index (χ4v) is 1.60. The van der Waals surface area contributed by atoms with Crippen LogP contribution in [0, 0.1) is 5.92 Å². The summed E-state index contributed by atoms with van der Waals surface area (Å²) in [5.74, 6) is 0.738. The molecule has 108 valence electrons. The van der Waals surface area contributed by atoms with Crippen LogP contribution in [0.4, 0.5) is 0 Å². The van der Waals surface area contributed by atoms with Crippen molar-refractivity contribution in [2.45, 2.75) is 52.5 Å². The Hall–Kier alpha value is -0.610. The summed E-state index contributed by atoms with van der Waals surface area (Å²) in [6.45, 7) is 8.73. The third kappa shape index (κ3) is 10.5. The lowest BCUT2D eigenvalue weighted by Crippen LogP contribution is -2.42. The Balaban J connectivity index is 3.44. The summed E-state index contributed by atoms with van der Waals surface area (Å²) < 4.78 is 4.99. The van der Waals surface area contributed by atoms with Crippen LogP contribution in [0.3, 0.4) is 0 Å². The van der Waals surface area contributed by atoms with E-state index in [4.69, 9.17) is 4.74 Å². The first-order valence-electron chi connectivity index (χ1n) is 7.08. The lowest BCUT2D eigenvalue weighted by molar-refractivity contribution is -0.122. The minimum atomic E-state index is -0.0976. The first kappa shape index (κ1) is 17.4. The number of amides is 1. The van der Waals surface area contributed by atoms with Gasteiger partial charge in [0.05, 0.1) is 6.04 Å². The molecule has 0 bridgehead atoms. The fourth-order valence-electron chi connectivity index (χ4n) is 1.60. The van der Waals surface area contributed by atoms with Crippen molar-refractivity contribution in [1.29, 1.82) is 0 Å². The summed E-state index contributed by atoms with van der Waals surface area (Å²) >= 11 is 0. The standard InChI is InChI=1S/C14H30N2O2/c1-12(2)8-10-16-14(17)13(3)15-9-6-5-7-11-18-4/h12-13,15H,5-11H2,1-4H3,(H,16,17). The number of carbonyl (C=O) groups excluding carboxylic acids is 1. The van der Waals surface area contributed by atoms with E-state index in [1.165, 1.54) is 0 Å². The highest BCUT2D eigenvalue weighted by Crippen LogP contribution is 1.97. The Morgan fingerprint density at radius 1 is 1.11 bits per heavy atom. The van der Waals surface area contributed by atoms with Crippen molar-refractivity contribution < 1.29 is 9.53 Å². The van der Waals surface area contributed by atoms with Gasteiger partial charge in [-0.3, -0.25) is 4.79 Å². The molecule has 0 aliphatic rings. The molecule has 4 nitrogen and oxygen atoms in total. The smallest absolute Gasteiger partial charge is 0.236 e. The van der Waals surface area contributed by atoms with Gasteiger partial charge in [-0.05, 0) is 45.1 Å². The molecule has 0 aromatic carbocycles. The molecule has 1 amide bonds. The summed E-state index contributed by atoms with van der Waals surface area (Å²) in [5, 5.41) is 6.20. The van der Waals surface area contributed by atoms with Crippen LogP contribution in [0.15, 0.2) is 0 Å². The zero-order chi connectivity index (χ0) is 13.8. The maximum absolute atomic E-state index is 11.7. The Morgan fingerprint density at radius 2 is 1.83 bits per heavy atom. The van der Waals surface area contributed by atoms with Crippen molar-refractivity contribution in [2.75, 3.05) is 26.8 Å². The third-order valence-electron chi connectivity index (χ3n) is 2.89. The van der Waals surface area contributed by atoms with Crippen LogP contribution in [0.1, 0.15) is 46.5 Å². The lowest BCUT2D eigenvalue weighted by atomic mass is 10.1. The summed E-state index contributed by atoms with van der Waals surface area (Å²) in [6.07, 6.45) is 4.36. The second kappa shape index (κ2) is 11.5. The van der Waals surface area contributed by atoms with E-state index in [0.717, 1.165) is 45.4 Å². The van der Waals surface area contributed by atoms with Gasteiger partial charge in [0.1, 0.15) is 0 Å². The van der Waals surface area contributed by atoms with Gasteiger partial charge in [0.15, 0.2) is 0 Å². The highest BCUT2D eigenvalue weighted by atomic mass is 16.5. The highest BCUT2D eigenvalue weighted by Gasteiger charge is 2.10. The average Bonchev–Trinajstić information content (AvgIpc) is 2.32. The molecule has 0 aliphatic carbocycles. The van der Waals surface area contributed by atoms with Crippen molar-refractivity contribution in [3.05, 3.63) is 0 Å². The number of unbranched alkanes of at least 4 members (excludes halogenated alkanes) is 2. The number of nitrogens with one attached hydrogen (secondary N) is 2. The maximum Gasteiger partial charge on any atom is 0.236 e. The highest BCUT2D eigenvalue weighted by molar-refractivity contribution is 5.81. The minimum absolute atomic E-state index is 0.0976. The maximum atomic E-state index is 11.7. The van der Waals surface area contributed by atoms with Crippen molar-refractivity contribution in [3.63, 3.8) is 0 Å². The molecule has 0 aliphatic heterocycles. The summed E-state index contributed by atoms with van der Waals surface area (Å²) in [4.78, 5) is 11.7. The summed E-state index contributed by atoms with van der Waals surface area (Å²) in [5.41, 5.74) is 0. The molecule has 0 rings (SSSR count). The van der Waals surface area contributed by atoms with E-state index in [2.05, 4.69) is 24.5 Å². The van der Waals surface area contributed by atoms with Crippen LogP contribution >= 0.6 is 0 Å². The van der Waals surface area contributed by atoms with E-state index in [1.54, 1.807) is 7.11 Å². The minimum Gasteiger partial charge on any atom is -0.385 e. The summed E-state index contributed by atoms with van der Waals surface area (Å²) in [7, 11) is 1.72. The SMILES string of the molecule is COCCCCCNC(C)C(=O)NCCC(C)C. The molecule has 4 heteroatoms. The van der Waals surface area contributed by atoms with Gasteiger partial charge in [0.2, 0.25) is 5.91 Å². The molecule has 2 N–H and O–H groups in total. The molecule has 0 heterocycles. The fraction of sp³-hybridized carbons (Fsp3) is 0.929. The van der Waals surface area contributed by atoms with Gasteiger partial charge < -0.3 is 15.4 Å². The predicted molar refractivity (Wildman–Crippen MR) is 75.7 cm³/mol. The van der Waals surface area contributed by atoms with E-state index in [9.17, 15) is 4.79 Å². The molecule has 0 spiro atoms. The van der Waals surface area contributed by atoms with Crippen molar-refractivity contribution in [2.24, 2.45) is 5.92 Å². The molecule has 18 heavy (non-hydrogen) atoms. The van der Waals surface area contributed by atoms with E-state index in [-0.39, 0.29) is 11.9 Å².